The maximum absolute atomic E-state index is 12.6. The van der Waals surface area contributed by atoms with E-state index in [0.717, 1.165) is 11.1 Å². The van der Waals surface area contributed by atoms with Crippen LogP contribution < -0.4 is 0 Å². The number of pyridine rings is 1. The quantitative estimate of drug-likeness (QED) is 0.288. The number of carbonyl (C=O) groups excluding carboxylic acids is 2. The van der Waals surface area contributed by atoms with Crippen LogP contribution in [0.5, 0.6) is 0 Å². The van der Waals surface area contributed by atoms with Crippen LogP contribution in [-0.2, 0) is 10.8 Å². The molecular formula is C31H33NO2. The third kappa shape index (κ3) is 6.71. The normalized spacial score (nSPS) is 12.4. The molecule has 1 heterocycles. The molecule has 3 aromatic rings. The van der Waals surface area contributed by atoms with E-state index in [0.29, 0.717) is 0 Å². The van der Waals surface area contributed by atoms with Crippen LogP contribution in [0.25, 0.3) is 12.2 Å². The van der Waals surface area contributed by atoms with Crippen LogP contribution in [0.15, 0.2) is 78.9 Å². The predicted octanol–water partition coefficient (Wildman–Crippen LogP) is 7.47. The highest BCUT2D eigenvalue weighted by atomic mass is 16.1. The zero-order valence-electron chi connectivity index (χ0n) is 20.9. The van der Waals surface area contributed by atoms with E-state index in [1.807, 2.05) is 24.3 Å². The summed E-state index contributed by atoms with van der Waals surface area (Å²) in [6.45, 7) is 13.0. The lowest BCUT2D eigenvalue weighted by molar-refractivity contribution is 0.104. The minimum Gasteiger partial charge on any atom is -0.288 e. The van der Waals surface area contributed by atoms with Gasteiger partial charge in [0.15, 0.2) is 0 Å². The van der Waals surface area contributed by atoms with Crippen molar-refractivity contribution in [3.8, 4) is 0 Å². The number of benzene rings is 2. The molecule has 0 aliphatic heterocycles. The first kappa shape index (κ1) is 25.0. The SMILES string of the molecule is CC(C)(C)c1ccc(/C=C/C(=O)c2cccc(C(=O)/C=C/c3ccc(C(C)(C)C)cc3)n2)cc1. The molecule has 0 N–H and O–H groups in total. The third-order valence-corrected chi connectivity index (χ3v) is 5.66. The van der Waals surface area contributed by atoms with Gasteiger partial charge in [-0.3, -0.25) is 9.59 Å². The first-order valence-electron chi connectivity index (χ1n) is 11.6. The van der Waals surface area contributed by atoms with Gasteiger partial charge >= 0.3 is 0 Å². The Hall–Kier alpha value is -3.59. The van der Waals surface area contributed by atoms with E-state index in [2.05, 4.69) is 70.8 Å². The molecule has 0 spiro atoms. The summed E-state index contributed by atoms with van der Waals surface area (Å²) in [6.07, 6.45) is 6.53. The molecule has 3 rings (SSSR count). The molecule has 0 atom stereocenters. The highest BCUT2D eigenvalue weighted by Gasteiger charge is 2.14. The summed E-state index contributed by atoms with van der Waals surface area (Å²) in [4.78, 5) is 29.6. The second-order valence-electron chi connectivity index (χ2n) is 10.5. The van der Waals surface area contributed by atoms with Gasteiger partial charge in [-0.05, 0) is 57.4 Å². The Morgan fingerprint density at radius 2 is 0.941 bits per heavy atom. The highest BCUT2D eigenvalue weighted by molar-refractivity contribution is 6.08. The average molecular weight is 452 g/mol. The summed E-state index contributed by atoms with van der Waals surface area (Å²) in [5.41, 5.74) is 5.01. The molecule has 0 fully saturated rings. The summed E-state index contributed by atoms with van der Waals surface area (Å²) in [7, 11) is 0. The Balaban J connectivity index is 1.68. The smallest absolute Gasteiger partial charge is 0.204 e. The molecule has 3 nitrogen and oxygen atoms in total. The predicted molar refractivity (Wildman–Crippen MR) is 141 cm³/mol. The van der Waals surface area contributed by atoms with Crippen LogP contribution in [0.3, 0.4) is 0 Å². The summed E-state index contributed by atoms with van der Waals surface area (Å²) in [5.74, 6) is -0.479. The Morgan fingerprint density at radius 3 is 1.26 bits per heavy atom. The number of rotatable bonds is 6. The maximum atomic E-state index is 12.6. The highest BCUT2D eigenvalue weighted by Crippen LogP contribution is 2.23. The van der Waals surface area contributed by atoms with Crippen LogP contribution in [0, 0.1) is 0 Å². The number of allylic oxidation sites excluding steroid dienone is 2. The van der Waals surface area contributed by atoms with Gasteiger partial charge in [-0.1, -0.05) is 108 Å². The number of hydrogen-bond donors (Lipinski definition) is 0. The van der Waals surface area contributed by atoms with Gasteiger partial charge in [0.1, 0.15) is 11.4 Å². The topological polar surface area (TPSA) is 47.0 Å². The van der Waals surface area contributed by atoms with Crippen LogP contribution in [0.2, 0.25) is 0 Å². The number of ketones is 2. The lowest BCUT2D eigenvalue weighted by Gasteiger charge is -2.18. The van der Waals surface area contributed by atoms with Crippen molar-refractivity contribution in [1.82, 2.24) is 4.98 Å². The molecule has 0 aliphatic carbocycles. The molecule has 0 aliphatic rings. The first-order chi connectivity index (χ1) is 15.9. The molecule has 0 unspecified atom stereocenters. The lowest BCUT2D eigenvalue weighted by Crippen LogP contribution is -2.10. The number of hydrogen-bond acceptors (Lipinski definition) is 3. The fraction of sp³-hybridized carbons (Fsp3) is 0.258. The van der Waals surface area contributed by atoms with Crippen molar-refractivity contribution in [2.24, 2.45) is 0 Å². The number of nitrogens with zero attached hydrogens (tertiary/aromatic N) is 1. The Morgan fingerprint density at radius 1 is 0.588 bits per heavy atom. The van der Waals surface area contributed by atoms with Crippen molar-refractivity contribution in [2.75, 3.05) is 0 Å². The summed E-state index contributed by atoms with van der Waals surface area (Å²) >= 11 is 0. The van der Waals surface area contributed by atoms with Crippen LogP contribution in [0.1, 0.15) is 84.8 Å². The molecule has 0 amide bonds. The fourth-order valence-corrected chi connectivity index (χ4v) is 3.41. The largest absolute Gasteiger partial charge is 0.288 e. The molecule has 34 heavy (non-hydrogen) atoms. The van der Waals surface area contributed by atoms with Gasteiger partial charge in [0.25, 0.3) is 0 Å². The van der Waals surface area contributed by atoms with E-state index >= 15 is 0 Å². The molecule has 0 radical (unpaired) electrons. The minimum atomic E-state index is -0.240. The standard InChI is InChI=1S/C31H33NO2/c1-30(2,3)24-16-10-22(11-17-24)14-20-28(33)26-8-7-9-27(32-26)29(34)21-15-23-12-18-25(19-13-23)31(4,5)6/h7-21H,1-6H3/b20-14+,21-15+. The van der Waals surface area contributed by atoms with E-state index in [1.165, 1.54) is 23.3 Å². The Labute approximate surface area is 203 Å². The van der Waals surface area contributed by atoms with Crippen molar-refractivity contribution < 1.29 is 9.59 Å². The van der Waals surface area contributed by atoms with E-state index in [1.54, 1.807) is 30.4 Å². The molecule has 174 valence electrons. The van der Waals surface area contributed by atoms with Gasteiger partial charge in [-0.25, -0.2) is 4.98 Å². The second kappa shape index (κ2) is 10.1. The maximum Gasteiger partial charge on any atom is 0.204 e. The number of aromatic nitrogens is 1. The molecule has 0 saturated carbocycles. The van der Waals surface area contributed by atoms with Crippen LogP contribution in [-0.4, -0.2) is 16.6 Å². The van der Waals surface area contributed by atoms with Crippen molar-refractivity contribution in [3.63, 3.8) is 0 Å². The molecule has 0 bridgehead atoms. The Kier molecular flexibility index (Phi) is 7.46. The van der Waals surface area contributed by atoms with Crippen molar-refractivity contribution in [1.29, 1.82) is 0 Å². The minimum absolute atomic E-state index is 0.0826. The number of carbonyl (C=O) groups is 2. The van der Waals surface area contributed by atoms with E-state index in [-0.39, 0.29) is 33.8 Å². The van der Waals surface area contributed by atoms with Gasteiger partial charge in [-0.15, -0.1) is 0 Å². The van der Waals surface area contributed by atoms with Gasteiger partial charge in [0.05, 0.1) is 0 Å². The molecule has 1 aromatic heterocycles. The molecular weight excluding hydrogens is 418 g/mol. The van der Waals surface area contributed by atoms with E-state index in [9.17, 15) is 9.59 Å². The molecule has 2 aromatic carbocycles. The average Bonchev–Trinajstić information content (AvgIpc) is 2.80. The zero-order chi connectivity index (χ0) is 24.9. The zero-order valence-corrected chi connectivity index (χ0v) is 20.9. The molecule has 0 saturated heterocycles. The summed E-state index contributed by atoms with van der Waals surface area (Å²) < 4.78 is 0. The Bertz CT molecular complexity index is 1120. The van der Waals surface area contributed by atoms with E-state index < -0.39 is 0 Å². The van der Waals surface area contributed by atoms with Crippen molar-refractivity contribution >= 4 is 23.7 Å². The third-order valence-electron chi connectivity index (χ3n) is 5.66. The van der Waals surface area contributed by atoms with Gasteiger partial charge in [0, 0.05) is 0 Å². The monoisotopic (exact) mass is 451 g/mol. The first-order valence-corrected chi connectivity index (χ1v) is 11.6. The fourth-order valence-electron chi connectivity index (χ4n) is 3.41. The van der Waals surface area contributed by atoms with Crippen LogP contribution in [0.4, 0.5) is 0 Å². The summed E-state index contributed by atoms with van der Waals surface area (Å²) in [6, 6.07) is 21.2. The van der Waals surface area contributed by atoms with Crippen molar-refractivity contribution in [2.45, 2.75) is 52.4 Å². The van der Waals surface area contributed by atoms with Gasteiger partial charge < -0.3 is 0 Å². The van der Waals surface area contributed by atoms with Gasteiger partial charge in [-0.2, -0.15) is 0 Å². The molecule has 3 heteroatoms. The van der Waals surface area contributed by atoms with E-state index in [4.69, 9.17) is 0 Å². The van der Waals surface area contributed by atoms with Crippen molar-refractivity contribution in [3.05, 3.63) is 113 Å². The van der Waals surface area contributed by atoms with Gasteiger partial charge in [0.2, 0.25) is 11.6 Å². The lowest BCUT2D eigenvalue weighted by atomic mass is 9.87. The second-order valence-corrected chi connectivity index (χ2v) is 10.5. The van der Waals surface area contributed by atoms with Crippen LogP contribution >= 0.6 is 0 Å². The summed E-state index contributed by atoms with van der Waals surface area (Å²) in [5, 5.41) is 0.